The zero-order valence-corrected chi connectivity index (χ0v) is 14.2. The van der Waals surface area contributed by atoms with Crippen molar-refractivity contribution in [2.24, 2.45) is 0 Å². The number of nitrogens with zero attached hydrogens (tertiary/aromatic N) is 2. The topological polar surface area (TPSA) is 57.7 Å². The van der Waals surface area contributed by atoms with Crippen molar-refractivity contribution < 1.29 is 17.6 Å². The zero-order chi connectivity index (χ0) is 17.6. The summed E-state index contributed by atoms with van der Waals surface area (Å²) in [5, 5.41) is 0. The second-order valence-corrected chi connectivity index (χ2v) is 8.61. The highest BCUT2D eigenvalue weighted by Gasteiger charge is 2.53. The molecule has 0 radical (unpaired) electrons. The first-order chi connectivity index (χ1) is 11.9. The summed E-state index contributed by atoms with van der Waals surface area (Å²) in [6, 6.07) is 14.0. The molecule has 4 rings (SSSR count). The number of rotatable bonds is 3. The molecule has 0 saturated carbocycles. The number of benzene rings is 2. The number of para-hydroxylation sites is 1. The summed E-state index contributed by atoms with van der Waals surface area (Å²) in [6.45, 7) is 0.191. The smallest absolute Gasteiger partial charge is 0.314 e. The molecule has 2 amide bonds. The Balaban J connectivity index is 1.71. The van der Waals surface area contributed by atoms with E-state index in [4.69, 9.17) is 0 Å². The van der Waals surface area contributed by atoms with Gasteiger partial charge in [-0.2, -0.15) is 0 Å². The van der Waals surface area contributed by atoms with E-state index in [-0.39, 0.29) is 29.9 Å². The number of fused-ring (bicyclic) bond motifs is 1. The summed E-state index contributed by atoms with van der Waals surface area (Å²) in [4.78, 5) is 16.1. The highest BCUT2D eigenvalue weighted by atomic mass is 32.2. The second-order valence-electron chi connectivity index (χ2n) is 6.46. The van der Waals surface area contributed by atoms with E-state index in [1.54, 1.807) is 34.1 Å². The van der Waals surface area contributed by atoms with Crippen LogP contribution in [0.3, 0.4) is 0 Å². The molecule has 2 saturated heterocycles. The molecule has 7 heteroatoms. The fraction of sp³-hybridized carbons (Fsp3) is 0.278. The Bertz CT molecular complexity index is 917. The maximum absolute atomic E-state index is 13.5. The molecule has 2 heterocycles. The third-order valence-corrected chi connectivity index (χ3v) is 6.45. The fourth-order valence-electron chi connectivity index (χ4n) is 3.68. The van der Waals surface area contributed by atoms with Crippen LogP contribution in [0, 0.1) is 5.82 Å². The van der Waals surface area contributed by atoms with Crippen LogP contribution < -0.4 is 4.90 Å². The van der Waals surface area contributed by atoms with Gasteiger partial charge in [0, 0.05) is 12.2 Å². The van der Waals surface area contributed by atoms with Crippen LogP contribution in [0.2, 0.25) is 0 Å². The van der Waals surface area contributed by atoms with Crippen molar-refractivity contribution in [2.75, 3.05) is 16.4 Å². The normalized spacial score (nSPS) is 24.6. The number of amides is 2. The van der Waals surface area contributed by atoms with Gasteiger partial charge < -0.3 is 4.90 Å². The van der Waals surface area contributed by atoms with Crippen molar-refractivity contribution in [3.05, 3.63) is 66.0 Å². The van der Waals surface area contributed by atoms with Gasteiger partial charge in [0.15, 0.2) is 9.84 Å². The van der Waals surface area contributed by atoms with Gasteiger partial charge in [0.05, 0.1) is 23.6 Å². The molecule has 130 valence electrons. The van der Waals surface area contributed by atoms with E-state index in [0.29, 0.717) is 11.3 Å². The predicted molar refractivity (Wildman–Crippen MR) is 92.5 cm³/mol. The molecule has 2 aliphatic heterocycles. The van der Waals surface area contributed by atoms with Crippen LogP contribution in [0.15, 0.2) is 54.6 Å². The van der Waals surface area contributed by atoms with E-state index in [0.717, 1.165) is 0 Å². The zero-order valence-electron chi connectivity index (χ0n) is 13.4. The number of carbonyl (C=O) groups is 1. The SMILES string of the molecule is O=C1N(Cc2cccc(F)c2)C2CS(=O)(=O)CC2N1c1ccccc1. The van der Waals surface area contributed by atoms with Crippen LogP contribution in [0.1, 0.15) is 5.56 Å². The number of hydrogen-bond acceptors (Lipinski definition) is 3. The molecule has 0 bridgehead atoms. The van der Waals surface area contributed by atoms with E-state index in [1.807, 2.05) is 18.2 Å². The van der Waals surface area contributed by atoms with Crippen LogP contribution >= 0.6 is 0 Å². The lowest BCUT2D eigenvalue weighted by Crippen LogP contribution is -2.37. The Labute approximate surface area is 145 Å². The first-order valence-corrected chi connectivity index (χ1v) is 9.86. The minimum atomic E-state index is -3.21. The number of sulfone groups is 1. The van der Waals surface area contributed by atoms with E-state index >= 15 is 0 Å². The number of urea groups is 1. The van der Waals surface area contributed by atoms with Gasteiger partial charge in [-0.3, -0.25) is 4.90 Å². The van der Waals surface area contributed by atoms with Crippen LogP contribution in [0.5, 0.6) is 0 Å². The summed E-state index contributed by atoms with van der Waals surface area (Å²) in [6.07, 6.45) is 0. The monoisotopic (exact) mass is 360 g/mol. The second kappa shape index (κ2) is 5.84. The Morgan fingerprint density at radius 2 is 1.72 bits per heavy atom. The number of halogens is 1. The maximum atomic E-state index is 13.5. The Morgan fingerprint density at radius 3 is 2.44 bits per heavy atom. The lowest BCUT2D eigenvalue weighted by molar-refractivity contribution is 0.206. The number of hydrogen-bond donors (Lipinski definition) is 0. The first-order valence-electron chi connectivity index (χ1n) is 8.04. The largest absolute Gasteiger partial charge is 0.325 e. The lowest BCUT2D eigenvalue weighted by Gasteiger charge is -2.22. The van der Waals surface area contributed by atoms with Crippen molar-refractivity contribution >= 4 is 21.6 Å². The molecule has 0 aromatic heterocycles. The summed E-state index contributed by atoms with van der Waals surface area (Å²) < 4.78 is 37.8. The number of carbonyl (C=O) groups excluding carboxylic acids is 1. The first kappa shape index (κ1) is 16.1. The van der Waals surface area contributed by atoms with E-state index in [1.165, 1.54) is 12.1 Å². The van der Waals surface area contributed by atoms with Gasteiger partial charge in [0.25, 0.3) is 0 Å². The maximum Gasteiger partial charge on any atom is 0.325 e. The van der Waals surface area contributed by atoms with Crippen molar-refractivity contribution in [3.8, 4) is 0 Å². The molecule has 2 atom stereocenters. The molecule has 2 fully saturated rings. The van der Waals surface area contributed by atoms with Gasteiger partial charge in [0.2, 0.25) is 0 Å². The van der Waals surface area contributed by atoms with Gasteiger partial charge in [-0.15, -0.1) is 0 Å². The molecule has 0 N–H and O–H groups in total. The van der Waals surface area contributed by atoms with Crippen LogP contribution in [0.25, 0.3) is 0 Å². The standard InChI is InChI=1S/C18H17FN2O3S/c19-14-6-4-5-13(9-14)10-20-16-11-25(23,24)12-17(16)21(18(20)22)15-7-2-1-3-8-15/h1-9,16-17H,10-12H2. The average molecular weight is 360 g/mol. The van der Waals surface area contributed by atoms with Crippen molar-refractivity contribution in [1.29, 1.82) is 0 Å². The molecule has 2 unspecified atom stereocenters. The minimum Gasteiger partial charge on any atom is -0.314 e. The molecule has 0 aliphatic carbocycles. The molecular weight excluding hydrogens is 343 g/mol. The molecule has 25 heavy (non-hydrogen) atoms. The summed E-state index contributed by atoms with van der Waals surface area (Å²) >= 11 is 0. The number of anilines is 1. The van der Waals surface area contributed by atoms with Gasteiger partial charge in [-0.1, -0.05) is 30.3 Å². The van der Waals surface area contributed by atoms with Crippen molar-refractivity contribution in [1.82, 2.24) is 4.90 Å². The third kappa shape index (κ3) is 2.89. The predicted octanol–water partition coefficient (Wildman–Crippen LogP) is 2.43. The van der Waals surface area contributed by atoms with Crippen LogP contribution in [0.4, 0.5) is 14.9 Å². The van der Waals surface area contributed by atoms with Gasteiger partial charge in [0.1, 0.15) is 5.82 Å². The quantitative estimate of drug-likeness (QED) is 0.790. The van der Waals surface area contributed by atoms with E-state index in [2.05, 4.69) is 0 Å². The highest BCUT2D eigenvalue weighted by Crippen LogP contribution is 2.35. The summed E-state index contributed by atoms with van der Waals surface area (Å²) in [7, 11) is -3.21. The van der Waals surface area contributed by atoms with E-state index in [9.17, 15) is 17.6 Å². The highest BCUT2D eigenvalue weighted by molar-refractivity contribution is 7.91. The average Bonchev–Trinajstić information content (AvgIpc) is 3.00. The summed E-state index contributed by atoms with van der Waals surface area (Å²) in [5.41, 5.74) is 1.33. The van der Waals surface area contributed by atoms with E-state index < -0.39 is 21.9 Å². The van der Waals surface area contributed by atoms with Crippen molar-refractivity contribution in [3.63, 3.8) is 0 Å². The fourth-order valence-corrected chi connectivity index (χ4v) is 5.63. The van der Waals surface area contributed by atoms with Gasteiger partial charge >= 0.3 is 6.03 Å². The van der Waals surface area contributed by atoms with Crippen molar-refractivity contribution in [2.45, 2.75) is 18.6 Å². The Kier molecular flexibility index (Phi) is 3.76. The molecular formula is C18H17FN2O3S. The van der Waals surface area contributed by atoms with Gasteiger partial charge in [-0.25, -0.2) is 17.6 Å². The Morgan fingerprint density at radius 1 is 1.00 bits per heavy atom. The molecule has 5 nitrogen and oxygen atoms in total. The molecule has 0 spiro atoms. The Hall–Kier alpha value is -2.41. The molecule has 2 aliphatic rings. The van der Waals surface area contributed by atoms with Crippen LogP contribution in [-0.2, 0) is 16.4 Å². The van der Waals surface area contributed by atoms with Gasteiger partial charge in [-0.05, 0) is 29.8 Å². The molecule has 2 aromatic rings. The lowest BCUT2D eigenvalue weighted by atomic mass is 10.1. The summed E-state index contributed by atoms with van der Waals surface area (Å²) in [5.74, 6) is -0.473. The van der Waals surface area contributed by atoms with Crippen LogP contribution in [-0.4, -0.2) is 42.9 Å². The third-order valence-electron chi connectivity index (χ3n) is 4.75. The minimum absolute atomic E-state index is 0.0437. The molecule has 2 aromatic carbocycles.